The Balaban J connectivity index is 0.973. The largest absolute Gasteiger partial charge is 0.309 e. The summed E-state index contributed by atoms with van der Waals surface area (Å²) in [6.45, 7) is 0. The van der Waals surface area contributed by atoms with Crippen molar-refractivity contribution in [3.63, 3.8) is 0 Å². The second kappa shape index (κ2) is 13.8. The van der Waals surface area contributed by atoms with E-state index < -0.39 is 0 Å². The van der Waals surface area contributed by atoms with Crippen molar-refractivity contribution in [1.29, 1.82) is 0 Å². The van der Waals surface area contributed by atoms with Crippen LogP contribution in [0.3, 0.4) is 0 Å². The van der Waals surface area contributed by atoms with E-state index in [4.69, 9.17) is 4.98 Å². The summed E-state index contributed by atoms with van der Waals surface area (Å²) in [4.78, 5) is 7.75. The fraction of sp³-hybridized carbons (Fsp3) is 0. The molecule has 0 aliphatic carbocycles. The molecular formula is C57H37N3. The van der Waals surface area contributed by atoms with E-state index in [0.29, 0.717) is 0 Å². The van der Waals surface area contributed by atoms with Gasteiger partial charge >= 0.3 is 0 Å². The molecule has 0 aliphatic rings. The molecule has 0 saturated carbocycles. The number of hydrogen-bond donors (Lipinski definition) is 0. The monoisotopic (exact) mass is 763 g/mol. The third-order valence-corrected chi connectivity index (χ3v) is 12.1. The van der Waals surface area contributed by atoms with Crippen molar-refractivity contribution in [3.8, 4) is 28.1 Å². The van der Waals surface area contributed by atoms with Crippen molar-refractivity contribution in [1.82, 2.24) is 9.55 Å². The second-order valence-electron chi connectivity index (χ2n) is 15.5. The molecule has 12 aromatic rings. The summed E-state index contributed by atoms with van der Waals surface area (Å²) in [5.41, 5.74) is 12.3. The van der Waals surface area contributed by atoms with Crippen LogP contribution in [0.25, 0.3) is 93.1 Å². The zero-order valence-electron chi connectivity index (χ0n) is 32.7. The number of pyridine rings is 1. The van der Waals surface area contributed by atoms with Gasteiger partial charge in [0.05, 0.1) is 33.6 Å². The van der Waals surface area contributed by atoms with Crippen LogP contribution in [0, 0.1) is 0 Å². The normalized spacial score (nSPS) is 11.7. The van der Waals surface area contributed by atoms with Crippen LogP contribution in [0.5, 0.6) is 0 Å². The molecule has 0 saturated heterocycles. The highest BCUT2D eigenvalue weighted by molar-refractivity contribution is 6.29. The Hall–Kier alpha value is -8.01. The van der Waals surface area contributed by atoms with Crippen molar-refractivity contribution in [2.75, 3.05) is 4.90 Å². The molecule has 12 rings (SSSR count). The van der Waals surface area contributed by atoms with Crippen molar-refractivity contribution in [2.45, 2.75) is 0 Å². The number of hydrogen-bond acceptors (Lipinski definition) is 2. The SMILES string of the molecule is c1ccc(-n2c3ccccc3c3c4c(ccc32)c(-c2ccc(-c3ccc(N(c5cccc6ccccc56)c5cccc6ccccc56)cc3)cc2)nc2ccccc24)cc1. The van der Waals surface area contributed by atoms with Crippen LogP contribution in [-0.2, 0) is 0 Å². The van der Waals surface area contributed by atoms with Crippen LogP contribution >= 0.6 is 0 Å². The average Bonchev–Trinajstić information content (AvgIpc) is 3.67. The molecule has 0 fully saturated rings. The van der Waals surface area contributed by atoms with Gasteiger partial charge in [0.25, 0.3) is 0 Å². The summed E-state index contributed by atoms with van der Waals surface area (Å²) in [6, 6.07) is 80.9. The van der Waals surface area contributed by atoms with Gasteiger partial charge in [-0.15, -0.1) is 0 Å². The summed E-state index contributed by atoms with van der Waals surface area (Å²) in [6.07, 6.45) is 0. The van der Waals surface area contributed by atoms with E-state index in [1.165, 1.54) is 48.7 Å². The lowest BCUT2D eigenvalue weighted by Gasteiger charge is -2.28. The van der Waals surface area contributed by atoms with Gasteiger partial charge in [-0.05, 0) is 76.5 Å². The molecule has 3 heteroatoms. The Kier molecular flexibility index (Phi) is 7.85. The molecule has 0 atom stereocenters. The smallest absolute Gasteiger partial charge is 0.0788 e. The molecule has 0 unspecified atom stereocenters. The third kappa shape index (κ3) is 5.40. The molecule has 2 heterocycles. The number of benzene rings is 10. The van der Waals surface area contributed by atoms with Gasteiger partial charge in [0, 0.05) is 54.6 Å². The highest BCUT2D eigenvalue weighted by atomic mass is 15.1. The first kappa shape index (κ1) is 34.1. The van der Waals surface area contributed by atoms with E-state index in [1.54, 1.807) is 0 Å². The van der Waals surface area contributed by atoms with E-state index in [-0.39, 0.29) is 0 Å². The molecule has 60 heavy (non-hydrogen) atoms. The lowest BCUT2D eigenvalue weighted by atomic mass is 9.95. The van der Waals surface area contributed by atoms with Gasteiger partial charge in [0.2, 0.25) is 0 Å². The van der Waals surface area contributed by atoms with Gasteiger partial charge in [-0.1, -0.05) is 170 Å². The Labute approximate surface area is 347 Å². The fourth-order valence-corrected chi connectivity index (χ4v) is 9.41. The maximum absolute atomic E-state index is 5.35. The zero-order valence-corrected chi connectivity index (χ0v) is 32.7. The maximum atomic E-state index is 5.35. The summed E-state index contributed by atoms with van der Waals surface area (Å²) in [7, 11) is 0. The quantitative estimate of drug-likeness (QED) is 0.157. The summed E-state index contributed by atoms with van der Waals surface area (Å²) in [5, 5.41) is 10.9. The minimum atomic E-state index is 0.991. The van der Waals surface area contributed by atoms with E-state index in [9.17, 15) is 0 Å². The van der Waals surface area contributed by atoms with E-state index >= 15 is 0 Å². The topological polar surface area (TPSA) is 21.1 Å². The van der Waals surface area contributed by atoms with Crippen molar-refractivity contribution < 1.29 is 0 Å². The van der Waals surface area contributed by atoms with E-state index in [0.717, 1.165) is 61.4 Å². The molecule has 10 aromatic carbocycles. The molecule has 0 aliphatic heterocycles. The minimum absolute atomic E-state index is 0.991. The van der Waals surface area contributed by atoms with Crippen molar-refractivity contribution in [2.24, 2.45) is 0 Å². The van der Waals surface area contributed by atoms with Gasteiger partial charge < -0.3 is 9.47 Å². The first-order valence-corrected chi connectivity index (χ1v) is 20.6. The predicted molar refractivity (Wildman–Crippen MR) is 254 cm³/mol. The number of anilines is 3. The van der Waals surface area contributed by atoms with Crippen molar-refractivity contribution >= 4 is 82.1 Å². The van der Waals surface area contributed by atoms with Crippen LogP contribution in [0.2, 0.25) is 0 Å². The molecule has 0 bridgehead atoms. The first-order chi connectivity index (χ1) is 29.8. The average molecular weight is 764 g/mol. The van der Waals surface area contributed by atoms with Gasteiger partial charge in [-0.3, -0.25) is 0 Å². The fourth-order valence-electron chi connectivity index (χ4n) is 9.41. The number of para-hydroxylation sites is 3. The molecule has 2 aromatic heterocycles. The van der Waals surface area contributed by atoms with Crippen LogP contribution < -0.4 is 4.90 Å². The van der Waals surface area contributed by atoms with E-state index in [1.807, 2.05) is 0 Å². The Bertz CT molecular complexity index is 3500. The Morgan fingerprint density at radius 3 is 1.55 bits per heavy atom. The highest BCUT2D eigenvalue weighted by Gasteiger charge is 2.20. The van der Waals surface area contributed by atoms with Gasteiger partial charge in [-0.25, -0.2) is 4.98 Å². The highest BCUT2D eigenvalue weighted by Crippen LogP contribution is 2.44. The Morgan fingerprint density at radius 1 is 0.333 bits per heavy atom. The summed E-state index contributed by atoms with van der Waals surface area (Å²) < 4.78 is 2.39. The third-order valence-electron chi connectivity index (χ3n) is 12.1. The number of fused-ring (bicyclic) bond motifs is 9. The molecule has 0 amide bonds. The zero-order chi connectivity index (χ0) is 39.6. The summed E-state index contributed by atoms with van der Waals surface area (Å²) in [5.74, 6) is 0. The number of rotatable bonds is 6. The predicted octanol–water partition coefficient (Wildman–Crippen LogP) is 15.6. The van der Waals surface area contributed by atoms with E-state index in [2.05, 4.69) is 234 Å². The standard InChI is InChI=1S/C57H37N3/c1-2-18-43(19-3-1)60-53-25-11-9-23-48(53)56-54(60)37-36-49-55(56)47-22-8-10-24-50(47)58-57(49)42-30-28-38(29-31-42)39-32-34-44(35-33-39)59(51-26-12-16-40-14-4-6-20-45(40)51)52-27-13-17-41-15-5-7-21-46(41)52/h1-37H. The van der Waals surface area contributed by atoms with Crippen molar-refractivity contribution in [3.05, 3.63) is 224 Å². The molecular weight excluding hydrogens is 727 g/mol. The van der Waals surface area contributed by atoms with Gasteiger partial charge in [0.15, 0.2) is 0 Å². The van der Waals surface area contributed by atoms with Crippen LogP contribution in [0.1, 0.15) is 0 Å². The molecule has 0 radical (unpaired) electrons. The first-order valence-electron chi connectivity index (χ1n) is 20.6. The molecule has 0 N–H and O–H groups in total. The lowest BCUT2D eigenvalue weighted by Crippen LogP contribution is -2.11. The lowest BCUT2D eigenvalue weighted by molar-refractivity contribution is 1.18. The van der Waals surface area contributed by atoms with Crippen LogP contribution in [0.4, 0.5) is 17.1 Å². The molecule has 280 valence electrons. The molecule has 0 spiro atoms. The number of nitrogens with zero attached hydrogens (tertiary/aromatic N) is 3. The van der Waals surface area contributed by atoms with Gasteiger partial charge in [-0.2, -0.15) is 0 Å². The second-order valence-corrected chi connectivity index (χ2v) is 15.5. The molecule has 3 nitrogen and oxygen atoms in total. The van der Waals surface area contributed by atoms with Crippen LogP contribution in [-0.4, -0.2) is 9.55 Å². The Morgan fingerprint density at radius 2 is 0.867 bits per heavy atom. The maximum Gasteiger partial charge on any atom is 0.0788 e. The van der Waals surface area contributed by atoms with Crippen LogP contribution in [0.15, 0.2) is 224 Å². The minimum Gasteiger partial charge on any atom is -0.309 e. The summed E-state index contributed by atoms with van der Waals surface area (Å²) >= 11 is 0. The number of aromatic nitrogens is 2. The van der Waals surface area contributed by atoms with Gasteiger partial charge in [0.1, 0.15) is 0 Å².